The Balaban J connectivity index is 4.22. The number of carbonyl (C=O) groups is 1. The summed E-state index contributed by atoms with van der Waals surface area (Å²) >= 11 is 0. The smallest absolute Gasteiger partial charge is 0.177 e. The van der Waals surface area contributed by atoms with E-state index >= 15 is 0 Å². The van der Waals surface area contributed by atoms with Gasteiger partial charge in [0.05, 0.1) is 26.7 Å². The van der Waals surface area contributed by atoms with Crippen molar-refractivity contribution >= 4 is 11.5 Å². The summed E-state index contributed by atoms with van der Waals surface area (Å²) in [6, 6.07) is 0. The number of hydrogen-bond acceptors (Lipinski definition) is 3. The molecular weight excluding hydrogens is 180 g/mol. The van der Waals surface area contributed by atoms with Gasteiger partial charge >= 0.3 is 0 Å². The number of quaternary nitrogens is 1. The van der Waals surface area contributed by atoms with Crippen molar-refractivity contribution in [3.05, 3.63) is 0 Å². The highest BCUT2D eigenvalue weighted by Crippen LogP contribution is 2.04. The van der Waals surface area contributed by atoms with Crippen LogP contribution in [0.3, 0.4) is 0 Å². The molecule has 0 saturated heterocycles. The lowest BCUT2D eigenvalue weighted by atomic mass is 10.2. The molecule has 0 bridgehead atoms. The van der Waals surface area contributed by atoms with Gasteiger partial charge in [0.2, 0.25) is 0 Å². The summed E-state index contributed by atoms with van der Waals surface area (Å²) in [6.07, 6.45) is 0.546. The largest absolute Gasteiger partial charge is 0.411 e. The van der Waals surface area contributed by atoms with Gasteiger partial charge in [-0.1, -0.05) is 5.16 Å². The van der Waals surface area contributed by atoms with E-state index in [0.29, 0.717) is 6.42 Å². The van der Waals surface area contributed by atoms with Gasteiger partial charge in [-0.25, -0.2) is 0 Å². The molecule has 14 heavy (non-hydrogen) atoms. The molecule has 0 aromatic rings. The van der Waals surface area contributed by atoms with E-state index in [1.807, 2.05) is 0 Å². The van der Waals surface area contributed by atoms with E-state index in [-0.39, 0.29) is 11.5 Å². The molecule has 1 N–H and O–H groups in total. The molecule has 82 valence electrons. The van der Waals surface area contributed by atoms with Crippen LogP contribution in [0.4, 0.5) is 0 Å². The molecule has 4 heteroatoms. The number of carbonyl (C=O) groups excluding carboxylic acids is 1. The third-order valence-electron chi connectivity index (χ3n) is 2.94. The molecule has 0 amide bonds. The van der Waals surface area contributed by atoms with Gasteiger partial charge < -0.3 is 9.69 Å². The maximum absolute atomic E-state index is 11.0. The number of hydrogen-bond donors (Lipinski definition) is 1. The first kappa shape index (κ1) is 13.1. The van der Waals surface area contributed by atoms with Gasteiger partial charge in [-0.15, -0.1) is 0 Å². The van der Waals surface area contributed by atoms with E-state index in [2.05, 4.69) is 26.1 Å². The molecule has 0 spiro atoms. The molecule has 0 fully saturated rings. The van der Waals surface area contributed by atoms with Crippen molar-refractivity contribution in [2.45, 2.75) is 27.2 Å². The van der Waals surface area contributed by atoms with E-state index in [1.165, 1.54) is 6.92 Å². The maximum atomic E-state index is 11.0. The van der Waals surface area contributed by atoms with Crippen LogP contribution in [-0.4, -0.2) is 47.9 Å². The fourth-order valence-electron chi connectivity index (χ4n) is 1.21. The Hall–Kier alpha value is -0.900. The zero-order chi connectivity index (χ0) is 11.2. The quantitative estimate of drug-likeness (QED) is 0.304. The predicted octanol–water partition coefficient (Wildman–Crippen LogP) is 1.28. The first-order valence-electron chi connectivity index (χ1n) is 5.04. The third-order valence-corrected chi connectivity index (χ3v) is 2.94. The van der Waals surface area contributed by atoms with Crippen LogP contribution in [-0.2, 0) is 4.79 Å². The summed E-state index contributed by atoms with van der Waals surface area (Å²) in [5, 5.41) is 11.6. The molecule has 0 atom stereocenters. The van der Waals surface area contributed by atoms with E-state index in [0.717, 1.165) is 24.1 Å². The zero-order valence-corrected chi connectivity index (χ0v) is 9.58. The van der Waals surface area contributed by atoms with Crippen molar-refractivity contribution in [2.24, 2.45) is 5.16 Å². The summed E-state index contributed by atoms with van der Waals surface area (Å²) < 4.78 is 0.895. The Labute approximate surface area is 85.8 Å². The molecule has 0 aliphatic heterocycles. The van der Waals surface area contributed by atoms with Gasteiger partial charge in [-0.2, -0.15) is 0 Å². The molecule has 0 aliphatic rings. The fourth-order valence-corrected chi connectivity index (χ4v) is 1.21. The number of Topliss-reactive ketones (excluding diaryl/α,β-unsaturated/α-hetero) is 1. The van der Waals surface area contributed by atoms with E-state index in [4.69, 9.17) is 5.21 Å². The van der Waals surface area contributed by atoms with Crippen LogP contribution in [0.15, 0.2) is 5.16 Å². The Morgan fingerprint density at radius 1 is 1.36 bits per heavy atom. The third kappa shape index (κ3) is 3.87. The number of rotatable bonds is 6. The molecule has 0 radical (unpaired) electrons. The van der Waals surface area contributed by atoms with Crippen LogP contribution in [0.25, 0.3) is 0 Å². The molecule has 0 heterocycles. The van der Waals surface area contributed by atoms with Crippen molar-refractivity contribution in [3.63, 3.8) is 0 Å². The highest BCUT2D eigenvalue weighted by Gasteiger charge is 2.18. The minimum atomic E-state index is -0.147. The number of nitrogens with zero attached hydrogens (tertiary/aromatic N) is 2. The minimum absolute atomic E-state index is 0.147. The standard InChI is InChI=1S/C10H20N2O2/c1-5-12(4,6-2)8-7-10(11-14)9(3)13/h5-8H2,1-4H3/p+1. The van der Waals surface area contributed by atoms with E-state index in [9.17, 15) is 4.79 Å². The normalized spacial score (nSPS) is 13.0. The van der Waals surface area contributed by atoms with Crippen molar-refractivity contribution in [1.82, 2.24) is 0 Å². The second kappa shape index (κ2) is 5.75. The van der Waals surface area contributed by atoms with Crippen LogP contribution in [0, 0.1) is 0 Å². The second-order valence-electron chi connectivity index (χ2n) is 3.83. The summed E-state index contributed by atoms with van der Waals surface area (Å²) in [5.74, 6) is -0.147. The Kier molecular flexibility index (Phi) is 5.38. The van der Waals surface area contributed by atoms with Gasteiger partial charge in [0.25, 0.3) is 0 Å². The van der Waals surface area contributed by atoms with Gasteiger partial charge in [0, 0.05) is 13.3 Å². The van der Waals surface area contributed by atoms with Crippen LogP contribution in [0.5, 0.6) is 0 Å². The molecular formula is C10H21N2O2+. The van der Waals surface area contributed by atoms with Crippen molar-refractivity contribution in [3.8, 4) is 0 Å². The molecule has 0 aliphatic carbocycles. The summed E-state index contributed by atoms with van der Waals surface area (Å²) in [5.41, 5.74) is 0.274. The van der Waals surface area contributed by atoms with Crippen LogP contribution in [0.2, 0.25) is 0 Å². The predicted molar refractivity (Wildman–Crippen MR) is 56.7 cm³/mol. The molecule has 0 rings (SSSR count). The van der Waals surface area contributed by atoms with Gasteiger partial charge in [0.1, 0.15) is 5.71 Å². The minimum Gasteiger partial charge on any atom is -0.411 e. The van der Waals surface area contributed by atoms with Crippen molar-refractivity contribution in [1.29, 1.82) is 0 Å². The molecule has 0 aromatic carbocycles. The monoisotopic (exact) mass is 201 g/mol. The summed E-state index contributed by atoms with van der Waals surface area (Å²) in [7, 11) is 2.13. The maximum Gasteiger partial charge on any atom is 0.177 e. The SMILES string of the molecule is CC[N+](C)(CC)CC/C(=N\O)C(C)=O. The van der Waals surface area contributed by atoms with Crippen LogP contribution < -0.4 is 0 Å². The summed E-state index contributed by atoms with van der Waals surface area (Å²) in [4.78, 5) is 11.0. The van der Waals surface area contributed by atoms with Gasteiger partial charge in [-0.3, -0.25) is 4.79 Å². The average molecular weight is 201 g/mol. The Morgan fingerprint density at radius 2 is 1.86 bits per heavy atom. The van der Waals surface area contributed by atoms with Crippen molar-refractivity contribution < 1.29 is 14.5 Å². The molecule has 0 aromatic heterocycles. The van der Waals surface area contributed by atoms with Crippen molar-refractivity contribution in [2.75, 3.05) is 26.7 Å². The van der Waals surface area contributed by atoms with Gasteiger partial charge in [-0.05, 0) is 13.8 Å². The number of oxime groups is 1. The first-order valence-corrected chi connectivity index (χ1v) is 5.04. The summed E-state index contributed by atoms with van der Waals surface area (Å²) in [6.45, 7) is 8.55. The highest BCUT2D eigenvalue weighted by atomic mass is 16.4. The Morgan fingerprint density at radius 3 is 2.14 bits per heavy atom. The topological polar surface area (TPSA) is 49.7 Å². The fraction of sp³-hybridized carbons (Fsp3) is 0.800. The lowest BCUT2D eigenvalue weighted by molar-refractivity contribution is -0.905. The number of ketones is 1. The molecule has 0 saturated carbocycles. The second-order valence-corrected chi connectivity index (χ2v) is 3.83. The van der Waals surface area contributed by atoms with E-state index < -0.39 is 0 Å². The lowest BCUT2D eigenvalue weighted by Crippen LogP contribution is -2.45. The zero-order valence-electron chi connectivity index (χ0n) is 9.58. The first-order chi connectivity index (χ1) is 6.49. The average Bonchev–Trinajstić information content (AvgIpc) is 2.18. The molecule has 4 nitrogen and oxygen atoms in total. The lowest BCUT2D eigenvalue weighted by Gasteiger charge is -2.31. The Bertz CT molecular complexity index is 220. The van der Waals surface area contributed by atoms with E-state index in [1.54, 1.807) is 0 Å². The van der Waals surface area contributed by atoms with Crippen LogP contribution in [0.1, 0.15) is 27.2 Å². The highest BCUT2D eigenvalue weighted by molar-refractivity contribution is 6.38. The molecule has 0 unspecified atom stereocenters. The van der Waals surface area contributed by atoms with Gasteiger partial charge in [0.15, 0.2) is 5.78 Å². The van der Waals surface area contributed by atoms with Crippen LogP contribution >= 0.6 is 0 Å².